The number of allylic oxidation sites excluding steroid dienone is 4. The summed E-state index contributed by atoms with van der Waals surface area (Å²) in [4.78, 5) is 0. The summed E-state index contributed by atoms with van der Waals surface area (Å²) in [6.45, 7) is 6.04. The molecule has 0 aliphatic carbocycles. The van der Waals surface area contributed by atoms with Crippen LogP contribution in [0.5, 0.6) is 0 Å². The number of aliphatic hydroxyl groups excluding tert-OH is 1. The highest BCUT2D eigenvalue weighted by molar-refractivity contribution is 5.70. The zero-order valence-corrected chi connectivity index (χ0v) is 10.9. The van der Waals surface area contributed by atoms with Gasteiger partial charge in [0, 0.05) is 12.0 Å². The lowest BCUT2D eigenvalue weighted by Crippen LogP contribution is -2.08. The molecule has 1 N–H and O–H groups in total. The van der Waals surface area contributed by atoms with Crippen molar-refractivity contribution in [3.05, 3.63) is 41.9 Å². The fourth-order valence-corrected chi connectivity index (χ4v) is 1.81. The lowest BCUT2D eigenvalue weighted by atomic mass is 10.1. The average Bonchev–Trinajstić information content (AvgIpc) is 2.74. The monoisotopic (exact) mass is 234 g/mol. The molecular weight excluding hydrogens is 212 g/mol. The first kappa shape index (κ1) is 13.8. The predicted octanol–water partition coefficient (Wildman–Crippen LogP) is 3.96. The molecule has 0 aliphatic heterocycles. The topological polar surface area (TPSA) is 33.4 Å². The van der Waals surface area contributed by atoms with Gasteiger partial charge >= 0.3 is 0 Å². The fraction of sp³-hybridized carbons (Fsp3) is 0.467. The Hall–Kier alpha value is -1.28. The molecule has 0 bridgehead atoms. The molecule has 0 aromatic carbocycles. The molecule has 2 heteroatoms. The van der Waals surface area contributed by atoms with Crippen LogP contribution >= 0.6 is 0 Å². The Balaban J connectivity index is 2.71. The number of hydrogen-bond acceptors (Lipinski definition) is 2. The summed E-state index contributed by atoms with van der Waals surface area (Å²) in [7, 11) is 0. The lowest BCUT2D eigenvalue weighted by Gasteiger charge is -2.06. The van der Waals surface area contributed by atoms with E-state index in [9.17, 15) is 5.11 Å². The predicted molar refractivity (Wildman–Crippen MR) is 71.8 cm³/mol. The Kier molecular flexibility index (Phi) is 5.78. The zero-order valence-electron chi connectivity index (χ0n) is 10.9. The van der Waals surface area contributed by atoms with Crippen molar-refractivity contribution in [2.24, 2.45) is 0 Å². The summed E-state index contributed by atoms with van der Waals surface area (Å²) >= 11 is 0. The number of hydrogen-bond donors (Lipinski definition) is 1. The second kappa shape index (κ2) is 7.13. The molecule has 94 valence electrons. The Morgan fingerprint density at radius 1 is 1.41 bits per heavy atom. The molecule has 0 saturated heterocycles. The maximum Gasteiger partial charge on any atom is 0.133 e. The first-order valence-electron chi connectivity index (χ1n) is 6.27. The van der Waals surface area contributed by atoms with Crippen molar-refractivity contribution >= 4 is 5.57 Å². The molecule has 0 aliphatic rings. The van der Waals surface area contributed by atoms with Gasteiger partial charge in [-0.2, -0.15) is 0 Å². The van der Waals surface area contributed by atoms with Crippen LogP contribution in [-0.4, -0.2) is 11.2 Å². The highest BCUT2D eigenvalue weighted by atomic mass is 16.3. The van der Waals surface area contributed by atoms with Crippen molar-refractivity contribution in [3.63, 3.8) is 0 Å². The van der Waals surface area contributed by atoms with Gasteiger partial charge in [0.1, 0.15) is 11.5 Å². The van der Waals surface area contributed by atoms with Crippen LogP contribution in [0.4, 0.5) is 0 Å². The summed E-state index contributed by atoms with van der Waals surface area (Å²) in [6, 6.07) is 3.91. The summed E-state index contributed by atoms with van der Waals surface area (Å²) in [5, 5.41) is 9.72. The van der Waals surface area contributed by atoms with Gasteiger partial charge in [0.2, 0.25) is 0 Å². The molecular formula is C15H22O2. The molecule has 0 fully saturated rings. The van der Waals surface area contributed by atoms with Crippen LogP contribution in [0, 0.1) is 0 Å². The van der Waals surface area contributed by atoms with Crippen LogP contribution in [-0.2, 0) is 6.42 Å². The summed E-state index contributed by atoms with van der Waals surface area (Å²) < 4.78 is 5.73. The van der Waals surface area contributed by atoms with Crippen LogP contribution in [0.15, 0.2) is 34.8 Å². The van der Waals surface area contributed by atoms with Crippen LogP contribution in [0.25, 0.3) is 5.57 Å². The maximum atomic E-state index is 9.72. The van der Waals surface area contributed by atoms with E-state index in [4.69, 9.17) is 4.42 Å². The third-order valence-corrected chi connectivity index (χ3v) is 2.66. The first-order chi connectivity index (χ1) is 8.21. The maximum absolute atomic E-state index is 9.72. The van der Waals surface area contributed by atoms with E-state index in [0.29, 0.717) is 6.42 Å². The summed E-state index contributed by atoms with van der Waals surface area (Å²) in [5.74, 6) is 1.72. The van der Waals surface area contributed by atoms with Gasteiger partial charge in [-0.25, -0.2) is 0 Å². The van der Waals surface area contributed by atoms with E-state index in [2.05, 4.69) is 6.92 Å². The molecule has 17 heavy (non-hydrogen) atoms. The second-order valence-corrected chi connectivity index (χ2v) is 4.16. The second-order valence-electron chi connectivity index (χ2n) is 4.16. The fourth-order valence-electron chi connectivity index (χ4n) is 1.81. The number of rotatable bonds is 6. The minimum atomic E-state index is -0.297. The molecule has 0 saturated carbocycles. The Morgan fingerprint density at radius 3 is 2.76 bits per heavy atom. The van der Waals surface area contributed by atoms with Crippen molar-refractivity contribution in [3.8, 4) is 0 Å². The van der Waals surface area contributed by atoms with E-state index in [1.165, 1.54) is 0 Å². The number of aliphatic hydroxyl groups is 1. The SMILES string of the molecule is C/C=C\C(=C/C)c1ccc(CC(O)CCC)o1. The molecule has 1 heterocycles. The Morgan fingerprint density at radius 2 is 2.18 bits per heavy atom. The lowest BCUT2D eigenvalue weighted by molar-refractivity contribution is 0.156. The molecule has 1 aromatic rings. The minimum Gasteiger partial charge on any atom is -0.461 e. The third kappa shape index (κ3) is 4.23. The van der Waals surface area contributed by atoms with E-state index in [-0.39, 0.29) is 6.10 Å². The van der Waals surface area contributed by atoms with E-state index >= 15 is 0 Å². The van der Waals surface area contributed by atoms with Gasteiger partial charge in [0.25, 0.3) is 0 Å². The van der Waals surface area contributed by atoms with Crippen molar-refractivity contribution in [2.45, 2.75) is 46.1 Å². The van der Waals surface area contributed by atoms with Crippen molar-refractivity contribution < 1.29 is 9.52 Å². The standard InChI is InChI=1S/C15H22O2/c1-4-7-12(6-3)15-10-9-14(17-15)11-13(16)8-5-2/h4,6-7,9-10,13,16H,5,8,11H2,1-3H3/b7-4-,12-6+. The van der Waals surface area contributed by atoms with E-state index in [0.717, 1.165) is 29.9 Å². The average molecular weight is 234 g/mol. The van der Waals surface area contributed by atoms with Gasteiger partial charge in [0.15, 0.2) is 0 Å². The molecule has 0 radical (unpaired) electrons. The molecule has 0 spiro atoms. The Bertz CT molecular complexity index is 385. The Labute approximate surface area is 104 Å². The van der Waals surface area contributed by atoms with E-state index in [1.54, 1.807) is 0 Å². The van der Waals surface area contributed by atoms with Crippen molar-refractivity contribution in [2.75, 3.05) is 0 Å². The van der Waals surface area contributed by atoms with Gasteiger partial charge in [-0.15, -0.1) is 0 Å². The molecule has 1 aromatic heterocycles. The summed E-state index contributed by atoms with van der Waals surface area (Å²) in [6.07, 6.45) is 8.14. The van der Waals surface area contributed by atoms with Crippen molar-refractivity contribution in [1.82, 2.24) is 0 Å². The highest BCUT2D eigenvalue weighted by Crippen LogP contribution is 2.20. The van der Waals surface area contributed by atoms with Crippen LogP contribution in [0.2, 0.25) is 0 Å². The van der Waals surface area contributed by atoms with Gasteiger partial charge in [-0.1, -0.05) is 31.6 Å². The molecule has 1 rings (SSSR count). The van der Waals surface area contributed by atoms with Crippen LogP contribution in [0.3, 0.4) is 0 Å². The molecule has 2 nitrogen and oxygen atoms in total. The normalized spacial score (nSPS) is 14.5. The van der Waals surface area contributed by atoms with Gasteiger partial charge in [-0.3, -0.25) is 0 Å². The molecule has 0 amide bonds. The van der Waals surface area contributed by atoms with E-state index in [1.807, 2.05) is 44.2 Å². The van der Waals surface area contributed by atoms with Gasteiger partial charge in [-0.05, 0) is 32.4 Å². The van der Waals surface area contributed by atoms with E-state index < -0.39 is 0 Å². The van der Waals surface area contributed by atoms with Gasteiger partial charge < -0.3 is 9.52 Å². The molecule has 1 atom stereocenters. The number of furan rings is 1. The van der Waals surface area contributed by atoms with Crippen molar-refractivity contribution in [1.29, 1.82) is 0 Å². The highest BCUT2D eigenvalue weighted by Gasteiger charge is 2.09. The summed E-state index contributed by atoms with van der Waals surface area (Å²) in [5.41, 5.74) is 1.07. The largest absolute Gasteiger partial charge is 0.461 e. The molecule has 1 unspecified atom stereocenters. The smallest absolute Gasteiger partial charge is 0.133 e. The van der Waals surface area contributed by atoms with Crippen LogP contribution < -0.4 is 0 Å². The zero-order chi connectivity index (χ0) is 12.7. The van der Waals surface area contributed by atoms with Gasteiger partial charge in [0.05, 0.1) is 6.10 Å². The first-order valence-corrected chi connectivity index (χ1v) is 6.27. The third-order valence-electron chi connectivity index (χ3n) is 2.66. The minimum absolute atomic E-state index is 0.297. The quantitative estimate of drug-likeness (QED) is 0.756. The van der Waals surface area contributed by atoms with Crippen LogP contribution in [0.1, 0.15) is 45.1 Å².